The first kappa shape index (κ1) is 17.5. The lowest BCUT2D eigenvalue weighted by atomic mass is 9.85. The molecule has 1 aliphatic heterocycles. The van der Waals surface area contributed by atoms with Gasteiger partial charge in [0.2, 0.25) is 5.91 Å². The molecule has 2 bridgehead atoms. The van der Waals surface area contributed by atoms with E-state index >= 15 is 0 Å². The number of carbonyl (C=O) groups is 2. The molecule has 1 heterocycles. The predicted octanol–water partition coefficient (Wildman–Crippen LogP) is 4.65. The first-order valence-corrected chi connectivity index (χ1v) is 9.58. The zero-order chi connectivity index (χ0) is 18.4. The molecule has 3 unspecified atom stereocenters. The Hall–Kier alpha value is -1.88. The lowest BCUT2D eigenvalue weighted by Gasteiger charge is -2.33. The van der Waals surface area contributed by atoms with Gasteiger partial charge in [0.25, 0.3) is 5.91 Å². The van der Waals surface area contributed by atoms with E-state index < -0.39 is 11.7 Å². The van der Waals surface area contributed by atoms with E-state index in [1.807, 2.05) is 0 Å². The fourth-order valence-corrected chi connectivity index (χ4v) is 4.36. The van der Waals surface area contributed by atoms with E-state index in [4.69, 9.17) is 16.3 Å². The molecule has 0 spiro atoms. The van der Waals surface area contributed by atoms with Crippen molar-refractivity contribution in [2.75, 3.05) is 4.90 Å². The molecule has 26 heavy (non-hydrogen) atoms. The summed E-state index contributed by atoms with van der Waals surface area (Å²) in [6.07, 6.45) is 6.93. The molecule has 6 heteroatoms. The molecule has 3 atom stereocenters. The van der Waals surface area contributed by atoms with Crippen LogP contribution >= 0.6 is 11.6 Å². The normalized spacial score (nSPS) is 28.3. The Morgan fingerprint density at radius 1 is 1.19 bits per heavy atom. The highest BCUT2D eigenvalue weighted by molar-refractivity contribution is 6.32. The van der Waals surface area contributed by atoms with Crippen LogP contribution < -0.4 is 9.64 Å². The third-order valence-electron chi connectivity index (χ3n) is 5.68. The van der Waals surface area contributed by atoms with Gasteiger partial charge in [-0.1, -0.05) is 24.6 Å². The maximum absolute atomic E-state index is 14.6. The topological polar surface area (TPSA) is 46.6 Å². The summed E-state index contributed by atoms with van der Waals surface area (Å²) in [6, 6.07) is 2.53. The van der Waals surface area contributed by atoms with Crippen molar-refractivity contribution in [1.82, 2.24) is 0 Å². The highest BCUT2D eigenvalue weighted by Gasteiger charge is 2.39. The molecular formula is C20H21ClFNO3. The van der Waals surface area contributed by atoms with Crippen molar-refractivity contribution >= 4 is 29.1 Å². The largest absolute Gasteiger partial charge is 0.489 e. The average Bonchev–Trinajstić information content (AvgIpc) is 3.02. The van der Waals surface area contributed by atoms with Crippen LogP contribution in [0, 0.1) is 17.7 Å². The number of imide groups is 1. The Labute approximate surface area is 156 Å². The molecule has 4 nitrogen and oxygen atoms in total. The smallest absolute Gasteiger partial charge is 0.260 e. The van der Waals surface area contributed by atoms with Gasteiger partial charge in [0.05, 0.1) is 16.6 Å². The van der Waals surface area contributed by atoms with Crippen LogP contribution in [-0.2, 0) is 9.59 Å². The molecule has 0 N–H and O–H groups in total. The number of halogens is 2. The Bertz CT molecular complexity index is 806. The lowest BCUT2D eigenvalue weighted by Crippen LogP contribution is -2.46. The van der Waals surface area contributed by atoms with Crippen molar-refractivity contribution in [2.24, 2.45) is 11.8 Å². The number of nitrogens with zero attached hydrogens (tertiary/aromatic N) is 1. The standard InChI is InChI=1S/C20H21ClFNO3/c1-11-4-2-7-17(11)26-18-10-16(15(22)9-14(18)21)23-19(24)12-5-3-6-13(8-12)20(23)25/h8-12,17H,2-7H2,1H3. The summed E-state index contributed by atoms with van der Waals surface area (Å²) in [6.45, 7) is 2.11. The van der Waals surface area contributed by atoms with Crippen LogP contribution in [0.5, 0.6) is 5.75 Å². The minimum atomic E-state index is -0.691. The zero-order valence-corrected chi connectivity index (χ0v) is 15.4. The second kappa shape index (κ2) is 6.69. The van der Waals surface area contributed by atoms with Crippen LogP contribution in [-0.4, -0.2) is 17.9 Å². The van der Waals surface area contributed by atoms with Crippen LogP contribution in [0.4, 0.5) is 10.1 Å². The van der Waals surface area contributed by atoms with Gasteiger partial charge in [-0.15, -0.1) is 0 Å². The number of carbonyl (C=O) groups excluding carboxylic acids is 2. The maximum Gasteiger partial charge on any atom is 0.260 e. The number of ether oxygens (including phenoxy) is 1. The molecule has 0 radical (unpaired) electrons. The van der Waals surface area contributed by atoms with Gasteiger partial charge in [-0.25, -0.2) is 9.29 Å². The molecule has 1 aromatic carbocycles. The van der Waals surface area contributed by atoms with Gasteiger partial charge in [0.1, 0.15) is 17.7 Å². The summed E-state index contributed by atoms with van der Waals surface area (Å²) < 4.78 is 20.6. The van der Waals surface area contributed by atoms with Crippen molar-refractivity contribution in [3.63, 3.8) is 0 Å². The maximum atomic E-state index is 14.6. The van der Waals surface area contributed by atoms with E-state index in [1.165, 1.54) is 6.07 Å². The fourth-order valence-electron chi connectivity index (χ4n) is 4.16. The predicted molar refractivity (Wildman–Crippen MR) is 96.8 cm³/mol. The van der Waals surface area contributed by atoms with Crippen LogP contribution in [0.15, 0.2) is 23.8 Å². The van der Waals surface area contributed by atoms with E-state index in [9.17, 15) is 14.0 Å². The third kappa shape index (κ3) is 2.92. The quantitative estimate of drug-likeness (QED) is 0.720. The molecular weight excluding hydrogens is 357 g/mol. The molecule has 3 aliphatic rings. The van der Waals surface area contributed by atoms with Crippen LogP contribution in [0.25, 0.3) is 0 Å². The van der Waals surface area contributed by atoms with Gasteiger partial charge in [-0.05, 0) is 50.5 Å². The molecule has 1 fully saturated rings. The SMILES string of the molecule is CC1CCCC1Oc1cc(N2C(=O)C3=CC(CCC3)C2=O)c(F)cc1Cl. The van der Waals surface area contributed by atoms with E-state index in [-0.39, 0.29) is 28.6 Å². The van der Waals surface area contributed by atoms with Crippen molar-refractivity contribution < 1.29 is 18.7 Å². The minimum Gasteiger partial charge on any atom is -0.489 e. The molecule has 0 saturated heterocycles. The molecule has 138 valence electrons. The highest BCUT2D eigenvalue weighted by atomic mass is 35.5. The minimum absolute atomic E-state index is 0.0145. The number of hydrogen-bond donors (Lipinski definition) is 0. The molecule has 2 amide bonds. The molecule has 1 saturated carbocycles. The second-order valence-corrected chi connectivity index (χ2v) is 7.88. The average molecular weight is 378 g/mol. The lowest BCUT2D eigenvalue weighted by molar-refractivity contribution is -0.128. The Morgan fingerprint density at radius 2 is 2.00 bits per heavy atom. The van der Waals surface area contributed by atoms with Gasteiger partial charge < -0.3 is 4.74 Å². The fraction of sp³-hybridized carbons (Fsp3) is 0.500. The Morgan fingerprint density at radius 3 is 2.73 bits per heavy atom. The molecule has 1 aromatic rings. The molecule has 4 rings (SSSR count). The van der Waals surface area contributed by atoms with Gasteiger partial charge >= 0.3 is 0 Å². The Balaban J connectivity index is 1.70. The number of rotatable bonds is 3. The van der Waals surface area contributed by atoms with Crippen molar-refractivity contribution in [1.29, 1.82) is 0 Å². The summed E-state index contributed by atoms with van der Waals surface area (Å²) in [5.41, 5.74) is 0.518. The summed E-state index contributed by atoms with van der Waals surface area (Å²) in [4.78, 5) is 26.4. The molecule has 2 aliphatic carbocycles. The van der Waals surface area contributed by atoms with E-state index in [2.05, 4.69) is 6.92 Å². The van der Waals surface area contributed by atoms with Gasteiger partial charge in [0.15, 0.2) is 0 Å². The van der Waals surface area contributed by atoms with Crippen LogP contribution in [0.2, 0.25) is 5.02 Å². The summed E-state index contributed by atoms with van der Waals surface area (Å²) in [5.74, 6) is -1.14. The monoisotopic (exact) mass is 377 g/mol. The number of benzene rings is 1. The van der Waals surface area contributed by atoms with E-state index in [0.29, 0.717) is 30.1 Å². The summed E-state index contributed by atoms with van der Waals surface area (Å²) >= 11 is 6.17. The molecule has 0 aromatic heterocycles. The Kier molecular flexibility index (Phi) is 4.51. The van der Waals surface area contributed by atoms with E-state index in [1.54, 1.807) is 6.08 Å². The first-order valence-electron chi connectivity index (χ1n) is 9.20. The first-order chi connectivity index (χ1) is 12.5. The van der Waals surface area contributed by atoms with Crippen molar-refractivity contribution in [2.45, 2.75) is 51.6 Å². The number of amides is 2. The third-order valence-corrected chi connectivity index (χ3v) is 5.98. The van der Waals surface area contributed by atoms with Crippen molar-refractivity contribution in [3.05, 3.63) is 34.6 Å². The summed E-state index contributed by atoms with van der Waals surface area (Å²) in [7, 11) is 0. The number of anilines is 1. The zero-order valence-electron chi connectivity index (χ0n) is 14.6. The van der Waals surface area contributed by atoms with Crippen LogP contribution in [0.3, 0.4) is 0 Å². The van der Waals surface area contributed by atoms with Crippen LogP contribution in [0.1, 0.15) is 45.4 Å². The second-order valence-electron chi connectivity index (χ2n) is 7.47. The number of fused-ring (bicyclic) bond motifs is 1. The van der Waals surface area contributed by atoms with Gasteiger partial charge in [-0.2, -0.15) is 0 Å². The van der Waals surface area contributed by atoms with E-state index in [0.717, 1.165) is 36.6 Å². The van der Waals surface area contributed by atoms with Gasteiger partial charge in [0, 0.05) is 11.6 Å². The number of hydrogen-bond acceptors (Lipinski definition) is 3. The van der Waals surface area contributed by atoms with Crippen molar-refractivity contribution in [3.8, 4) is 5.75 Å². The highest BCUT2D eigenvalue weighted by Crippen LogP contribution is 2.40. The summed E-state index contributed by atoms with van der Waals surface area (Å²) in [5, 5.41) is 0.154. The van der Waals surface area contributed by atoms with Gasteiger partial charge in [-0.3, -0.25) is 9.59 Å².